The molecule has 1 aromatic heterocycles. The van der Waals surface area contributed by atoms with Crippen molar-refractivity contribution in [1.29, 1.82) is 0 Å². The van der Waals surface area contributed by atoms with E-state index in [4.69, 9.17) is 15.5 Å². The Bertz CT molecular complexity index is 364. The lowest BCUT2D eigenvalue weighted by molar-refractivity contribution is 0.180. The lowest BCUT2D eigenvalue weighted by Crippen LogP contribution is -2.32. The SMILES string of the molecule is CC(C)(C)c1csc(CC(N)C2CCOC2)n1. The second kappa shape index (κ2) is 5.04. The molecule has 0 spiro atoms. The van der Waals surface area contributed by atoms with Gasteiger partial charge < -0.3 is 10.5 Å². The van der Waals surface area contributed by atoms with Crippen LogP contribution in [0.2, 0.25) is 0 Å². The van der Waals surface area contributed by atoms with Crippen molar-refractivity contribution in [2.45, 2.75) is 45.1 Å². The van der Waals surface area contributed by atoms with Crippen LogP contribution < -0.4 is 5.73 Å². The topological polar surface area (TPSA) is 48.1 Å². The summed E-state index contributed by atoms with van der Waals surface area (Å²) in [6.45, 7) is 8.26. The standard InChI is InChI=1S/C13H22N2OS/c1-13(2,3)11-8-17-12(15-11)6-10(14)9-4-5-16-7-9/h8-10H,4-7,14H2,1-3H3. The number of rotatable bonds is 3. The van der Waals surface area contributed by atoms with E-state index in [1.165, 1.54) is 5.69 Å². The van der Waals surface area contributed by atoms with Gasteiger partial charge in [0.25, 0.3) is 0 Å². The zero-order chi connectivity index (χ0) is 12.5. The van der Waals surface area contributed by atoms with Gasteiger partial charge in [0.15, 0.2) is 0 Å². The third kappa shape index (κ3) is 3.27. The summed E-state index contributed by atoms with van der Waals surface area (Å²) in [7, 11) is 0. The Morgan fingerprint density at radius 1 is 1.59 bits per heavy atom. The molecule has 1 aromatic rings. The molecule has 96 valence electrons. The fraction of sp³-hybridized carbons (Fsp3) is 0.769. The minimum atomic E-state index is 0.134. The molecule has 4 heteroatoms. The Morgan fingerprint density at radius 2 is 2.35 bits per heavy atom. The van der Waals surface area contributed by atoms with E-state index >= 15 is 0 Å². The van der Waals surface area contributed by atoms with Crippen LogP contribution in [-0.2, 0) is 16.6 Å². The summed E-state index contributed by atoms with van der Waals surface area (Å²) in [6.07, 6.45) is 1.98. The predicted molar refractivity (Wildman–Crippen MR) is 71.4 cm³/mol. The summed E-state index contributed by atoms with van der Waals surface area (Å²) in [5, 5.41) is 3.32. The van der Waals surface area contributed by atoms with Crippen LogP contribution >= 0.6 is 11.3 Å². The van der Waals surface area contributed by atoms with Crippen molar-refractivity contribution >= 4 is 11.3 Å². The molecule has 1 fully saturated rings. The summed E-state index contributed by atoms with van der Waals surface area (Å²) < 4.78 is 5.38. The van der Waals surface area contributed by atoms with Gasteiger partial charge in [0.05, 0.1) is 17.3 Å². The summed E-state index contributed by atoms with van der Waals surface area (Å²) in [6, 6.07) is 0.191. The Morgan fingerprint density at radius 3 is 2.88 bits per heavy atom. The van der Waals surface area contributed by atoms with Gasteiger partial charge in [-0.1, -0.05) is 20.8 Å². The first-order chi connectivity index (χ1) is 7.97. The number of nitrogens with zero attached hydrogens (tertiary/aromatic N) is 1. The van der Waals surface area contributed by atoms with Crippen molar-refractivity contribution in [3.63, 3.8) is 0 Å². The van der Waals surface area contributed by atoms with Crippen LogP contribution in [-0.4, -0.2) is 24.2 Å². The van der Waals surface area contributed by atoms with Crippen LogP contribution in [0.4, 0.5) is 0 Å². The highest BCUT2D eigenvalue weighted by molar-refractivity contribution is 7.09. The molecule has 1 saturated heterocycles. The molecule has 0 aromatic carbocycles. The maximum Gasteiger partial charge on any atom is 0.0944 e. The number of thiazole rings is 1. The average Bonchev–Trinajstić information content (AvgIpc) is 2.85. The van der Waals surface area contributed by atoms with Crippen LogP contribution in [0, 0.1) is 5.92 Å². The molecule has 2 heterocycles. The minimum absolute atomic E-state index is 0.134. The fourth-order valence-electron chi connectivity index (χ4n) is 2.01. The Hall–Kier alpha value is -0.450. The largest absolute Gasteiger partial charge is 0.381 e. The Balaban J connectivity index is 1.96. The number of nitrogens with two attached hydrogens (primary N) is 1. The molecule has 0 bridgehead atoms. The predicted octanol–water partition coefficient (Wildman–Crippen LogP) is 2.35. The van der Waals surface area contributed by atoms with Crippen molar-refractivity contribution in [2.24, 2.45) is 11.7 Å². The number of aromatic nitrogens is 1. The van der Waals surface area contributed by atoms with Gasteiger partial charge in [-0.2, -0.15) is 0 Å². The highest BCUT2D eigenvalue weighted by Gasteiger charge is 2.24. The monoisotopic (exact) mass is 254 g/mol. The van der Waals surface area contributed by atoms with E-state index in [2.05, 4.69) is 26.2 Å². The number of hydrogen-bond acceptors (Lipinski definition) is 4. The van der Waals surface area contributed by atoms with Gasteiger partial charge in [0.1, 0.15) is 0 Å². The first-order valence-electron chi connectivity index (χ1n) is 6.25. The van der Waals surface area contributed by atoms with Crippen LogP contribution in [0.25, 0.3) is 0 Å². The average molecular weight is 254 g/mol. The van der Waals surface area contributed by atoms with Crippen LogP contribution in [0.1, 0.15) is 37.9 Å². The lowest BCUT2D eigenvalue weighted by Gasteiger charge is -2.16. The molecule has 3 nitrogen and oxygen atoms in total. The van der Waals surface area contributed by atoms with Crippen molar-refractivity contribution in [1.82, 2.24) is 4.98 Å². The van der Waals surface area contributed by atoms with Crippen LogP contribution in [0.3, 0.4) is 0 Å². The highest BCUT2D eigenvalue weighted by Crippen LogP contribution is 2.25. The van der Waals surface area contributed by atoms with Crippen molar-refractivity contribution < 1.29 is 4.74 Å². The van der Waals surface area contributed by atoms with Crippen LogP contribution in [0.5, 0.6) is 0 Å². The number of ether oxygens (including phenoxy) is 1. The van der Waals surface area contributed by atoms with Crippen molar-refractivity contribution in [2.75, 3.05) is 13.2 Å². The van der Waals surface area contributed by atoms with Gasteiger partial charge >= 0.3 is 0 Å². The summed E-state index contributed by atoms with van der Waals surface area (Å²) in [5.74, 6) is 0.511. The zero-order valence-electron chi connectivity index (χ0n) is 10.9. The molecule has 2 atom stereocenters. The van der Waals surface area contributed by atoms with Gasteiger partial charge in [-0.15, -0.1) is 11.3 Å². The highest BCUT2D eigenvalue weighted by atomic mass is 32.1. The quantitative estimate of drug-likeness (QED) is 0.900. The summed E-state index contributed by atoms with van der Waals surface area (Å²) in [5.41, 5.74) is 7.52. The van der Waals surface area contributed by atoms with Crippen molar-refractivity contribution in [3.8, 4) is 0 Å². The molecular formula is C13H22N2OS. The Kier molecular flexibility index (Phi) is 3.85. The maximum atomic E-state index is 6.22. The van der Waals surface area contributed by atoms with Gasteiger partial charge in [-0.3, -0.25) is 0 Å². The van der Waals surface area contributed by atoms with E-state index < -0.39 is 0 Å². The van der Waals surface area contributed by atoms with Crippen molar-refractivity contribution in [3.05, 3.63) is 16.1 Å². The molecule has 2 unspecified atom stereocenters. The van der Waals surface area contributed by atoms with Gasteiger partial charge in [0.2, 0.25) is 0 Å². The molecule has 1 aliphatic rings. The molecule has 0 amide bonds. The first kappa shape index (κ1) is 13.0. The van der Waals surface area contributed by atoms with E-state index in [0.29, 0.717) is 5.92 Å². The van der Waals surface area contributed by atoms with Gasteiger partial charge in [-0.25, -0.2) is 4.98 Å². The molecule has 0 saturated carbocycles. The van der Waals surface area contributed by atoms with E-state index in [1.54, 1.807) is 11.3 Å². The van der Waals surface area contributed by atoms with Crippen LogP contribution in [0.15, 0.2) is 5.38 Å². The second-order valence-corrected chi connectivity index (χ2v) is 6.81. The molecule has 0 radical (unpaired) electrons. The zero-order valence-corrected chi connectivity index (χ0v) is 11.7. The third-order valence-corrected chi connectivity index (χ3v) is 4.17. The van der Waals surface area contributed by atoms with E-state index in [-0.39, 0.29) is 11.5 Å². The second-order valence-electron chi connectivity index (χ2n) is 5.87. The van der Waals surface area contributed by atoms with Gasteiger partial charge in [-0.05, 0) is 12.3 Å². The fourth-order valence-corrected chi connectivity index (χ4v) is 3.10. The molecule has 2 N–H and O–H groups in total. The Labute approximate surface area is 107 Å². The summed E-state index contributed by atoms with van der Waals surface area (Å²) in [4.78, 5) is 4.69. The van der Waals surface area contributed by atoms with Gasteiger partial charge in [0, 0.05) is 29.9 Å². The normalized spacial score (nSPS) is 22.9. The van der Waals surface area contributed by atoms with E-state index in [9.17, 15) is 0 Å². The minimum Gasteiger partial charge on any atom is -0.381 e. The van der Waals surface area contributed by atoms with E-state index in [1.807, 2.05) is 0 Å². The first-order valence-corrected chi connectivity index (χ1v) is 7.13. The summed E-state index contributed by atoms with van der Waals surface area (Å²) >= 11 is 1.73. The molecule has 2 rings (SSSR count). The molecular weight excluding hydrogens is 232 g/mol. The third-order valence-electron chi connectivity index (χ3n) is 3.30. The lowest BCUT2D eigenvalue weighted by atomic mass is 9.93. The molecule has 17 heavy (non-hydrogen) atoms. The molecule has 1 aliphatic heterocycles. The van der Waals surface area contributed by atoms with E-state index in [0.717, 1.165) is 31.1 Å². The smallest absolute Gasteiger partial charge is 0.0944 e. The maximum absolute atomic E-state index is 6.22. The molecule has 0 aliphatic carbocycles. The number of hydrogen-bond donors (Lipinski definition) is 1.